The van der Waals surface area contributed by atoms with Crippen molar-refractivity contribution in [3.63, 3.8) is 0 Å². The lowest BCUT2D eigenvalue weighted by molar-refractivity contribution is 0.158. The molecule has 0 heterocycles. The van der Waals surface area contributed by atoms with Crippen LogP contribution in [0.4, 0.5) is 0 Å². The molecule has 90 valence electrons. The molecule has 0 radical (unpaired) electrons. The van der Waals surface area contributed by atoms with Crippen LogP contribution in [0, 0.1) is 11.8 Å². The van der Waals surface area contributed by atoms with Gasteiger partial charge in [-0.2, -0.15) is 11.8 Å². The summed E-state index contributed by atoms with van der Waals surface area (Å²) in [4.78, 5) is 0. The fraction of sp³-hybridized carbons (Fsp3) is 1.00. The predicted molar refractivity (Wildman–Crippen MR) is 68.1 cm³/mol. The number of hydrogen-bond donors (Lipinski definition) is 2. The maximum absolute atomic E-state index is 9.31. The number of hydrogen-bond acceptors (Lipinski definition) is 3. The molecule has 2 nitrogen and oxygen atoms in total. The van der Waals surface area contributed by atoms with E-state index in [0.29, 0.717) is 5.92 Å². The molecule has 2 unspecified atom stereocenters. The molecule has 3 N–H and O–H groups in total. The van der Waals surface area contributed by atoms with Crippen LogP contribution in [0.1, 0.15) is 39.5 Å². The Morgan fingerprint density at radius 1 is 1.53 bits per heavy atom. The quantitative estimate of drug-likeness (QED) is 0.689. The van der Waals surface area contributed by atoms with E-state index in [1.165, 1.54) is 30.8 Å². The smallest absolute Gasteiger partial charge is 0.0613 e. The Balaban J connectivity index is 2.20. The van der Waals surface area contributed by atoms with Crippen molar-refractivity contribution in [1.82, 2.24) is 0 Å². The van der Waals surface area contributed by atoms with Crippen molar-refractivity contribution in [2.75, 3.05) is 18.1 Å². The van der Waals surface area contributed by atoms with Gasteiger partial charge in [0, 0.05) is 5.54 Å². The second kappa shape index (κ2) is 6.12. The Bertz CT molecular complexity index is 186. The fourth-order valence-corrected chi connectivity index (χ4v) is 3.44. The molecule has 1 aliphatic rings. The normalized spacial score (nSPS) is 31.4. The number of thioether (sulfide) groups is 1. The van der Waals surface area contributed by atoms with E-state index in [-0.39, 0.29) is 12.1 Å². The van der Waals surface area contributed by atoms with Crippen molar-refractivity contribution in [3.05, 3.63) is 0 Å². The van der Waals surface area contributed by atoms with Gasteiger partial charge in [-0.1, -0.05) is 20.3 Å². The number of rotatable bonds is 6. The highest BCUT2D eigenvalue weighted by Crippen LogP contribution is 2.36. The third-order valence-electron chi connectivity index (χ3n) is 3.36. The molecule has 15 heavy (non-hydrogen) atoms. The largest absolute Gasteiger partial charge is 0.394 e. The number of aliphatic hydroxyl groups excluding tert-OH is 1. The molecule has 0 bridgehead atoms. The van der Waals surface area contributed by atoms with E-state index in [1.54, 1.807) is 0 Å². The molecule has 0 aromatic rings. The summed E-state index contributed by atoms with van der Waals surface area (Å²) in [5.41, 5.74) is 5.92. The lowest BCUT2D eigenvalue weighted by atomic mass is 9.87. The topological polar surface area (TPSA) is 46.2 Å². The van der Waals surface area contributed by atoms with Gasteiger partial charge >= 0.3 is 0 Å². The second-order valence-corrected chi connectivity index (χ2v) is 6.39. The maximum atomic E-state index is 9.31. The first-order chi connectivity index (χ1) is 7.08. The van der Waals surface area contributed by atoms with E-state index >= 15 is 0 Å². The summed E-state index contributed by atoms with van der Waals surface area (Å²) in [6.07, 6.45) is 4.58. The Hall–Kier alpha value is 0.270. The van der Waals surface area contributed by atoms with Crippen molar-refractivity contribution >= 4 is 11.8 Å². The molecule has 0 amide bonds. The first-order valence-electron chi connectivity index (χ1n) is 6.06. The fourth-order valence-electron chi connectivity index (χ4n) is 2.35. The summed E-state index contributed by atoms with van der Waals surface area (Å²) in [5, 5.41) is 9.31. The zero-order chi connectivity index (χ0) is 11.3. The molecule has 1 rings (SSSR count). The molecule has 1 fully saturated rings. The highest BCUT2D eigenvalue weighted by molar-refractivity contribution is 7.99. The van der Waals surface area contributed by atoms with Gasteiger partial charge in [0.25, 0.3) is 0 Å². The zero-order valence-electron chi connectivity index (χ0n) is 10.0. The van der Waals surface area contributed by atoms with Crippen molar-refractivity contribution in [3.8, 4) is 0 Å². The van der Waals surface area contributed by atoms with E-state index in [9.17, 15) is 5.11 Å². The van der Waals surface area contributed by atoms with Gasteiger partial charge in [-0.25, -0.2) is 0 Å². The maximum Gasteiger partial charge on any atom is 0.0613 e. The van der Waals surface area contributed by atoms with Crippen LogP contribution in [-0.4, -0.2) is 28.8 Å². The highest BCUT2D eigenvalue weighted by atomic mass is 32.2. The molecule has 2 atom stereocenters. The standard InChI is InChI=1S/C12H25NOS/c1-10(2)8-15-7-5-11-4-3-6-12(11,13)9-14/h10-11,14H,3-9,13H2,1-2H3. The number of aliphatic hydroxyl groups is 1. The summed E-state index contributed by atoms with van der Waals surface area (Å²) >= 11 is 2.02. The van der Waals surface area contributed by atoms with E-state index < -0.39 is 0 Å². The lowest BCUT2D eigenvalue weighted by Gasteiger charge is -2.29. The van der Waals surface area contributed by atoms with E-state index in [0.717, 1.165) is 12.3 Å². The molecule has 0 aliphatic heterocycles. The van der Waals surface area contributed by atoms with Gasteiger partial charge in [0.15, 0.2) is 0 Å². The van der Waals surface area contributed by atoms with Crippen LogP contribution in [0.5, 0.6) is 0 Å². The Morgan fingerprint density at radius 2 is 2.27 bits per heavy atom. The van der Waals surface area contributed by atoms with Crippen LogP contribution in [0.2, 0.25) is 0 Å². The van der Waals surface area contributed by atoms with Crippen molar-refractivity contribution in [2.45, 2.75) is 45.1 Å². The molecule has 0 saturated heterocycles. The summed E-state index contributed by atoms with van der Waals surface area (Å²) in [6, 6.07) is 0. The van der Waals surface area contributed by atoms with Crippen LogP contribution < -0.4 is 5.73 Å². The second-order valence-electron chi connectivity index (χ2n) is 5.24. The molecule has 0 aromatic carbocycles. The van der Waals surface area contributed by atoms with Crippen molar-refractivity contribution in [1.29, 1.82) is 0 Å². The minimum atomic E-state index is -0.265. The first kappa shape index (κ1) is 13.3. The van der Waals surface area contributed by atoms with Crippen LogP contribution in [0.3, 0.4) is 0 Å². The van der Waals surface area contributed by atoms with Gasteiger partial charge in [-0.05, 0) is 42.6 Å². The van der Waals surface area contributed by atoms with E-state index in [2.05, 4.69) is 13.8 Å². The SMILES string of the molecule is CC(C)CSCCC1CCCC1(N)CO. The van der Waals surface area contributed by atoms with Gasteiger partial charge in [-0.15, -0.1) is 0 Å². The third-order valence-corrected chi connectivity index (χ3v) is 4.79. The van der Waals surface area contributed by atoms with Gasteiger partial charge < -0.3 is 10.8 Å². The summed E-state index contributed by atoms with van der Waals surface area (Å²) < 4.78 is 0. The minimum Gasteiger partial charge on any atom is -0.394 e. The minimum absolute atomic E-state index is 0.159. The van der Waals surface area contributed by atoms with Crippen LogP contribution >= 0.6 is 11.8 Å². The summed E-state index contributed by atoms with van der Waals surface area (Å²) in [5.74, 6) is 3.76. The van der Waals surface area contributed by atoms with Crippen LogP contribution in [0.15, 0.2) is 0 Å². The average Bonchev–Trinajstić information content (AvgIpc) is 2.56. The van der Waals surface area contributed by atoms with E-state index in [4.69, 9.17) is 5.73 Å². The molecule has 0 aromatic heterocycles. The zero-order valence-corrected chi connectivity index (χ0v) is 10.9. The first-order valence-corrected chi connectivity index (χ1v) is 7.21. The van der Waals surface area contributed by atoms with Gasteiger partial charge in [0.1, 0.15) is 0 Å². The molecular formula is C12H25NOS. The predicted octanol–water partition coefficient (Wildman–Crippen LogP) is 2.26. The Labute approximate surface area is 98.0 Å². The Kier molecular flexibility index (Phi) is 5.44. The van der Waals surface area contributed by atoms with E-state index in [1.807, 2.05) is 11.8 Å². The summed E-state index contributed by atoms with van der Waals surface area (Å²) in [7, 11) is 0. The lowest BCUT2D eigenvalue weighted by Crippen LogP contribution is -2.47. The van der Waals surface area contributed by atoms with Crippen LogP contribution in [0.25, 0.3) is 0 Å². The average molecular weight is 231 g/mol. The number of nitrogens with two attached hydrogens (primary N) is 1. The molecule has 1 saturated carbocycles. The highest BCUT2D eigenvalue weighted by Gasteiger charge is 2.38. The van der Waals surface area contributed by atoms with Gasteiger partial charge in [-0.3, -0.25) is 0 Å². The van der Waals surface area contributed by atoms with Gasteiger partial charge in [0.2, 0.25) is 0 Å². The monoisotopic (exact) mass is 231 g/mol. The molecule has 3 heteroatoms. The summed E-state index contributed by atoms with van der Waals surface area (Å²) in [6.45, 7) is 4.67. The van der Waals surface area contributed by atoms with Crippen LogP contribution in [-0.2, 0) is 0 Å². The Morgan fingerprint density at radius 3 is 2.87 bits per heavy atom. The van der Waals surface area contributed by atoms with Crippen molar-refractivity contribution < 1.29 is 5.11 Å². The molecular weight excluding hydrogens is 206 g/mol. The third kappa shape index (κ3) is 3.97. The molecule has 0 spiro atoms. The van der Waals surface area contributed by atoms with Gasteiger partial charge in [0.05, 0.1) is 6.61 Å². The van der Waals surface area contributed by atoms with Crippen molar-refractivity contribution in [2.24, 2.45) is 17.6 Å². The molecule has 1 aliphatic carbocycles.